The summed E-state index contributed by atoms with van der Waals surface area (Å²) in [5, 5.41) is 3.47. The van der Waals surface area contributed by atoms with Gasteiger partial charge in [0.15, 0.2) is 0 Å². The molecule has 0 aliphatic carbocycles. The van der Waals surface area contributed by atoms with E-state index in [9.17, 15) is 0 Å². The second-order valence-electron chi connectivity index (χ2n) is 5.18. The average Bonchev–Trinajstić information content (AvgIpc) is 2.35. The number of nitrogens with one attached hydrogen (secondary N) is 1. The molecule has 1 N–H and O–H groups in total. The minimum Gasteiger partial charge on any atom is -0.315 e. The summed E-state index contributed by atoms with van der Waals surface area (Å²) in [5.41, 5.74) is 1.39. The lowest BCUT2D eigenvalue weighted by molar-refractivity contribution is 0.321. The highest BCUT2D eigenvalue weighted by Crippen LogP contribution is 2.15. The molecule has 1 aromatic carbocycles. The summed E-state index contributed by atoms with van der Waals surface area (Å²) in [5.74, 6) is 0.731. The maximum atomic E-state index is 3.47. The van der Waals surface area contributed by atoms with Gasteiger partial charge in [0.2, 0.25) is 0 Å². The molecule has 0 spiro atoms. The van der Waals surface area contributed by atoms with Crippen molar-refractivity contribution in [3.05, 3.63) is 29.8 Å². The van der Waals surface area contributed by atoms with Gasteiger partial charge in [0.25, 0.3) is 0 Å². The van der Waals surface area contributed by atoms with E-state index in [1.165, 1.54) is 10.5 Å². The Balaban J connectivity index is 2.24. The van der Waals surface area contributed by atoms with Crippen LogP contribution in [-0.2, 0) is 6.54 Å². The van der Waals surface area contributed by atoms with Crippen LogP contribution in [0.4, 0.5) is 0 Å². The van der Waals surface area contributed by atoms with Gasteiger partial charge in [-0.25, -0.2) is 0 Å². The molecule has 0 saturated heterocycles. The lowest BCUT2D eigenvalue weighted by Gasteiger charge is -2.17. The minimum atomic E-state index is 0.731. The first-order valence-electron chi connectivity index (χ1n) is 6.64. The molecule has 0 fully saturated rings. The van der Waals surface area contributed by atoms with Gasteiger partial charge in [0.05, 0.1) is 0 Å². The molecule has 0 aliphatic heterocycles. The summed E-state index contributed by atoms with van der Waals surface area (Å²) in [7, 11) is 2.18. The molecular weight excluding hydrogens is 240 g/mol. The van der Waals surface area contributed by atoms with Gasteiger partial charge in [-0.15, -0.1) is 11.8 Å². The molecule has 1 rings (SSSR count). The van der Waals surface area contributed by atoms with Crippen LogP contribution in [0.5, 0.6) is 0 Å². The number of nitrogens with zero attached hydrogens (tertiary/aromatic N) is 1. The van der Waals surface area contributed by atoms with E-state index < -0.39 is 0 Å². The number of benzene rings is 1. The van der Waals surface area contributed by atoms with E-state index >= 15 is 0 Å². The molecule has 0 aromatic heterocycles. The smallest absolute Gasteiger partial charge is 0.0231 e. The summed E-state index contributed by atoms with van der Waals surface area (Å²) >= 11 is 1.79. The summed E-state index contributed by atoms with van der Waals surface area (Å²) in [6.07, 6.45) is 2.11. The first-order valence-corrected chi connectivity index (χ1v) is 7.86. The molecule has 2 nitrogen and oxygen atoms in total. The van der Waals surface area contributed by atoms with Crippen molar-refractivity contribution in [3.8, 4) is 0 Å². The third-order valence-electron chi connectivity index (χ3n) is 2.83. The van der Waals surface area contributed by atoms with Crippen LogP contribution in [0.3, 0.4) is 0 Å². The van der Waals surface area contributed by atoms with Crippen molar-refractivity contribution < 1.29 is 0 Å². The van der Waals surface area contributed by atoms with Gasteiger partial charge in [-0.2, -0.15) is 0 Å². The Hall–Kier alpha value is -0.510. The van der Waals surface area contributed by atoms with Crippen LogP contribution in [0.1, 0.15) is 19.4 Å². The Morgan fingerprint density at radius 3 is 2.44 bits per heavy atom. The molecule has 1 aromatic rings. The van der Waals surface area contributed by atoms with E-state index in [1.807, 2.05) is 0 Å². The zero-order valence-electron chi connectivity index (χ0n) is 12.1. The Bertz CT molecular complexity index is 322. The highest BCUT2D eigenvalue weighted by Gasteiger charge is 2.00. The second kappa shape index (κ2) is 8.57. The largest absolute Gasteiger partial charge is 0.315 e. The third kappa shape index (κ3) is 6.43. The first kappa shape index (κ1) is 15.5. The number of rotatable bonds is 8. The van der Waals surface area contributed by atoms with Crippen LogP contribution in [-0.4, -0.2) is 37.8 Å². The lowest BCUT2D eigenvalue weighted by Crippen LogP contribution is -2.30. The SMILES string of the molecule is CSc1ccc(CN(C)CCNCC(C)C)cc1. The van der Waals surface area contributed by atoms with Gasteiger partial charge in [-0.3, -0.25) is 0 Å². The lowest BCUT2D eigenvalue weighted by atomic mass is 10.2. The second-order valence-corrected chi connectivity index (χ2v) is 6.06. The van der Waals surface area contributed by atoms with Crippen LogP contribution in [0.25, 0.3) is 0 Å². The van der Waals surface area contributed by atoms with Crippen LogP contribution >= 0.6 is 11.8 Å². The maximum Gasteiger partial charge on any atom is 0.0231 e. The Kier molecular flexibility index (Phi) is 7.40. The number of thioether (sulfide) groups is 1. The summed E-state index contributed by atoms with van der Waals surface area (Å²) < 4.78 is 0. The molecule has 0 heterocycles. The zero-order chi connectivity index (χ0) is 13.4. The highest BCUT2D eigenvalue weighted by atomic mass is 32.2. The van der Waals surface area contributed by atoms with Crippen molar-refractivity contribution in [2.24, 2.45) is 5.92 Å². The Morgan fingerprint density at radius 1 is 1.22 bits per heavy atom. The number of hydrogen-bond acceptors (Lipinski definition) is 3. The number of likely N-dealkylation sites (N-methyl/N-ethyl adjacent to an activating group) is 1. The predicted molar refractivity (Wildman–Crippen MR) is 82.3 cm³/mol. The van der Waals surface area contributed by atoms with E-state index in [1.54, 1.807) is 11.8 Å². The molecule has 0 aliphatic rings. The van der Waals surface area contributed by atoms with E-state index in [2.05, 4.69) is 61.6 Å². The Morgan fingerprint density at radius 2 is 1.89 bits per heavy atom. The molecular formula is C15H26N2S. The number of hydrogen-bond donors (Lipinski definition) is 1. The minimum absolute atomic E-state index is 0.731. The molecule has 0 atom stereocenters. The molecule has 0 saturated carbocycles. The normalized spacial score (nSPS) is 11.4. The van der Waals surface area contributed by atoms with Crippen molar-refractivity contribution in [1.29, 1.82) is 0 Å². The van der Waals surface area contributed by atoms with Crippen LogP contribution in [0.2, 0.25) is 0 Å². The van der Waals surface area contributed by atoms with E-state index in [4.69, 9.17) is 0 Å². The monoisotopic (exact) mass is 266 g/mol. The van der Waals surface area contributed by atoms with Crippen LogP contribution < -0.4 is 5.32 Å². The highest BCUT2D eigenvalue weighted by molar-refractivity contribution is 7.98. The summed E-state index contributed by atoms with van der Waals surface area (Å²) in [4.78, 5) is 3.70. The van der Waals surface area contributed by atoms with Crippen molar-refractivity contribution >= 4 is 11.8 Å². The fraction of sp³-hybridized carbons (Fsp3) is 0.600. The van der Waals surface area contributed by atoms with Crippen molar-refractivity contribution in [2.75, 3.05) is 32.9 Å². The molecule has 0 bridgehead atoms. The molecule has 0 unspecified atom stereocenters. The maximum absolute atomic E-state index is 3.47. The van der Waals surface area contributed by atoms with Crippen molar-refractivity contribution in [3.63, 3.8) is 0 Å². The Labute approximate surface area is 116 Å². The van der Waals surface area contributed by atoms with Crippen LogP contribution in [0.15, 0.2) is 29.2 Å². The molecule has 0 amide bonds. The molecule has 3 heteroatoms. The van der Waals surface area contributed by atoms with Crippen molar-refractivity contribution in [1.82, 2.24) is 10.2 Å². The van der Waals surface area contributed by atoms with E-state index in [0.29, 0.717) is 0 Å². The summed E-state index contributed by atoms with van der Waals surface area (Å²) in [6, 6.07) is 8.85. The average molecular weight is 266 g/mol. The quantitative estimate of drug-likeness (QED) is 0.575. The summed E-state index contributed by atoms with van der Waals surface area (Å²) in [6.45, 7) is 8.77. The van der Waals surface area contributed by atoms with Gasteiger partial charge in [0.1, 0.15) is 0 Å². The topological polar surface area (TPSA) is 15.3 Å². The zero-order valence-corrected chi connectivity index (χ0v) is 12.9. The molecule has 18 heavy (non-hydrogen) atoms. The van der Waals surface area contributed by atoms with Gasteiger partial charge >= 0.3 is 0 Å². The van der Waals surface area contributed by atoms with Crippen LogP contribution in [0, 0.1) is 5.92 Å². The fourth-order valence-corrected chi connectivity index (χ4v) is 2.19. The van der Waals surface area contributed by atoms with Gasteiger partial charge in [0, 0.05) is 24.5 Å². The van der Waals surface area contributed by atoms with E-state index in [-0.39, 0.29) is 0 Å². The predicted octanol–water partition coefficient (Wildman–Crippen LogP) is 3.09. The molecule has 102 valence electrons. The first-order chi connectivity index (χ1) is 8.61. The van der Waals surface area contributed by atoms with Gasteiger partial charge in [-0.1, -0.05) is 26.0 Å². The fourth-order valence-electron chi connectivity index (χ4n) is 1.78. The van der Waals surface area contributed by atoms with Gasteiger partial charge in [-0.05, 0) is 43.5 Å². The van der Waals surface area contributed by atoms with Gasteiger partial charge < -0.3 is 10.2 Å². The molecule has 0 radical (unpaired) electrons. The third-order valence-corrected chi connectivity index (χ3v) is 3.58. The standard InChI is InChI=1S/C15H26N2S/c1-13(2)11-16-9-10-17(3)12-14-5-7-15(18-4)8-6-14/h5-8,13,16H,9-12H2,1-4H3. The van der Waals surface area contributed by atoms with Crippen molar-refractivity contribution in [2.45, 2.75) is 25.3 Å². The van der Waals surface area contributed by atoms with E-state index in [0.717, 1.165) is 32.1 Å².